The van der Waals surface area contributed by atoms with E-state index in [0.29, 0.717) is 0 Å². The van der Waals surface area contributed by atoms with Crippen LogP contribution in [0.25, 0.3) is 22.1 Å². The van der Waals surface area contributed by atoms with Crippen LogP contribution in [0.5, 0.6) is 0 Å². The van der Waals surface area contributed by atoms with Gasteiger partial charge in [0.15, 0.2) is 0 Å². The molecule has 2 aromatic heterocycles. The molecule has 0 bridgehead atoms. The van der Waals surface area contributed by atoms with Gasteiger partial charge in [-0.3, -0.25) is 0 Å². The van der Waals surface area contributed by atoms with Crippen molar-refractivity contribution in [2.45, 2.75) is 52.4 Å². The van der Waals surface area contributed by atoms with Crippen LogP contribution in [-0.2, 0) is 10.8 Å². The number of rotatable bonds is 2. The zero-order chi connectivity index (χ0) is 20.1. The van der Waals surface area contributed by atoms with Crippen molar-refractivity contribution < 1.29 is 0 Å². The summed E-state index contributed by atoms with van der Waals surface area (Å²) < 4.78 is 4.48. The highest BCUT2D eigenvalue weighted by atomic mass is 15.0. The second-order valence-electron chi connectivity index (χ2n) is 9.77. The molecule has 0 spiro atoms. The number of fused-ring (bicyclic) bond motifs is 1. The Labute approximate surface area is 168 Å². The molecule has 0 unspecified atom stereocenters. The summed E-state index contributed by atoms with van der Waals surface area (Å²) in [4.78, 5) is 0. The second-order valence-corrected chi connectivity index (χ2v) is 9.77. The lowest BCUT2D eigenvalue weighted by Gasteiger charge is -2.26. The molecule has 2 nitrogen and oxygen atoms in total. The van der Waals surface area contributed by atoms with E-state index in [1.165, 1.54) is 33.3 Å². The Morgan fingerprint density at radius 1 is 0.500 bits per heavy atom. The van der Waals surface area contributed by atoms with E-state index in [9.17, 15) is 0 Å². The van der Waals surface area contributed by atoms with Crippen molar-refractivity contribution in [3.63, 3.8) is 0 Å². The van der Waals surface area contributed by atoms with Gasteiger partial charge in [-0.15, -0.1) is 0 Å². The molecule has 0 N–H and O–H groups in total. The molecule has 0 amide bonds. The minimum atomic E-state index is 0.0761. The monoisotopic (exact) mass is 370 g/mol. The zero-order valence-electron chi connectivity index (χ0n) is 17.8. The third kappa shape index (κ3) is 3.28. The van der Waals surface area contributed by atoms with Crippen LogP contribution < -0.4 is 0 Å². The van der Waals surface area contributed by atoms with E-state index in [0.717, 1.165) is 0 Å². The van der Waals surface area contributed by atoms with Gasteiger partial charge in [-0.05, 0) is 70.5 Å². The quantitative estimate of drug-likeness (QED) is 0.359. The molecule has 2 heteroatoms. The number of hydrogen-bond donors (Lipinski definition) is 0. The fraction of sp³-hybridized carbons (Fsp3) is 0.308. The molecule has 0 aliphatic rings. The van der Waals surface area contributed by atoms with Crippen LogP contribution in [0.2, 0.25) is 0 Å². The summed E-state index contributed by atoms with van der Waals surface area (Å²) in [5.41, 5.74) is 5.33. The van der Waals surface area contributed by atoms with Gasteiger partial charge in [0, 0.05) is 35.6 Å². The van der Waals surface area contributed by atoms with Crippen molar-refractivity contribution in [2.24, 2.45) is 0 Å². The average molecular weight is 371 g/mol. The van der Waals surface area contributed by atoms with Crippen molar-refractivity contribution >= 4 is 10.8 Å². The van der Waals surface area contributed by atoms with Gasteiger partial charge < -0.3 is 9.13 Å². The molecule has 144 valence electrons. The molecule has 2 heterocycles. The Morgan fingerprint density at radius 2 is 0.821 bits per heavy atom. The van der Waals surface area contributed by atoms with E-state index < -0.39 is 0 Å². The Hall–Kier alpha value is -2.74. The highest BCUT2D eigenvalue weighted by molar-refractivity contribution is 5.97. The number of hydrogen-bond acceptors (Lipinski definition) is 0. The summed E-state index contributed by atoms with van der Waals surface area (Å²) in [5, 5.41) is 2.58. The number of aromatic nitrogens is 2. The summed E-state index contributed by atoms with van der Waals surface area (Å²) >= 11 is 0. The highest BCUT2D eigenvalue weighted by Crippen LogP contribution is 2.37. The Balaban J connectivity index is 2.16. The fourth-order valence-corrected chi connectivity index (χ4v) is 3.71. The van der Waals surface area contributed by atoms with Gasteiger partial charge >= 0.3 is 0 Å². The first-order chi connectivity index (χ1) is 13.1. The van der Waals surface area contributed by atoms with Gasteiger partial charge in [-0.1, -0.05) is 41.5 Å². The van der Waals surface area contributed by atoms with Crippen molar-refractivity contribution in [3.05, 3.63) is 84.4 Å². The molecule has 0 atom stereocenters. The minimum Gasteiger partial charge on any atom is -0.323 e. The van der Waals surface area contributed by atoms with Crippen LogP contribution in [0, 0.1) is 0 Å². The summed E-state index contributed by atoms with van der Waals surface area (Å²) in [6, 6.07) is 17.8. The average Bonchev–Trinajstić information content (AvgIpc) is 3.31. The van der Waals surface area contributed by atoms with E-state index in [4.69, 9.17) is 0 Å². The van der Waals surface area contributed by atoms with E-state index in [-0.39, 0.29) is 10.8 Å². The normalized spacial score (nSPS) is 12.6. The molecule has 0 aliphatic carbocycles. The Kier molecular flexibility index (Phi) is 4.26. The molecule has 0 saturated heterocycles. The maximum Gasteiger partial charge on any atom is 0.0531 e. The molecule has 4 aromatic rings. The van der Waals surface area contributed by atoms with Crippen LogP contribution >= 0.6 is 0 Å². The van der Waals surface area contributed by atoms with Crippen LogP contribution in [0.4, 0.5) is 0 Å². The van der Waals surface area contributed by atoms with Gasteiger partial charge in [0.25, 0.3) is 0 Å². The lowest BCUT2D eigenvalue weighted by Crippen LogP contribution is -2.14. The lowest BCUT2D eigenvalue weighted by molar-refractivity contribution is 0.588. The predicted octanol–water partition coefficient (Wildman–Crippen LogP) is 7.02. The van der Waals surface area contributed by atoms with Gasteiger partial charge in [0.1, 0.15) is 0 Å². The molecule has 4 rings (SSSR count). The summed E-state index contributed by atoms with van der Waals surface area (Å²) in [6.07, 6.45) is 8.56. The van der Waals surface area contributed by atoms with E-state index in [1.807, 2.05) is 0 Å². The van der Waals surface area contributed by atoms with E-state index in [1.54, 1.807) is 0 Å². The van der Waals surface area contributed by atoms with Crippen LogP contribution in [-0.4, -0.2) is 9.13 Å². The topological polar surface area (TPSA) is 9.86 Å². The summed E-state index contributed by atoms with van der Waals surface area (Å²) in [5.74, 6) is 0. The first kappa shape index (κ1) is 18.6. The van der Waals surface area contributed by atoms with Gasteiger partial charge in [-0.2, -0.15) is 0 Å². The number of benzene rings is 2. The minimum absolute atomic E-state index is 0.0761. The van der Waals surface area contributed by atoms with Crippen molar-refractivity contribution in [3.8, 4) is 11.4 Å². The molecule has 28 heavy (non-hydrogen) atoms. The maximum absolute atomic E-state index is 2.38. The lowest BCUT2D eigenvalue weighted by atomic mass is 9.82. The number of nitrogens with zero attached hydrogens (tertiary/aromatic N) is 2. The zero-order valence-corrected chi connectivity index (χ0v) is 17.8. The van der Waals surface area contributed by atoms with Gasteiger partial charge in [-0.25, -0.2) is 0 Å². The second kappa shape index (κ2) is 6.41. The Morgan fingerprint density at radius 3 is 1.11 bits per heavy atom. The van der Waals surface area contributed by atoms with Crippen LogP contribution in [0.15, 0.2) is 73.3 Å². The SMILES string of the molecule is CC(C)(C)c1cc(-n2cccc2)c2cc(C(C)(C)C)cc(-n3cccc3)c2c1. The third-order valence-corrected chi connectivity index (χ3v) is 5.52. The summed E-state index contributed by atoms with van der Waals surface area (Å²) in [7, 11) is 0. The standard InChI is InChI=1S/C26H30N2/c1-25(2,3)19-15-21-22(23(17-19)27-11-7-8-12-27)16-20(26(4,5)6)18-24(21)28-13-9-10-14-28/h7-18H,1-6H3. The molecule has 2 aromatic carbocycles. The molecular formula is C26H30N2. The van der Waals surface area contributed by atoms with Crippen molar-refractivity contribution in [2.75, 3.05) is 0 Å². The molecule has 0 saturated carbocycles. The Bertz CT molecular complexity index is 1010. The first-order valence-electron chi connectivity index (χ1n) is 10.0. The highest BCUT2D eigenvalue weighted by Gasteiger charge is 2.22. The largest absolute Gasteiger partial charge is 0.323 e. The molecule has 0 fully saturated rings. The first-order valence-corrected chi connectivity index (χ1v) is 10.0. The van der Waals surface area contributed by atoms with Crippen molar-refractivity contribution in [1.29, 1.82) is 0 Å². The van der Waals surface area contributed by atoms with Gasteiger partial charge in [0.05, 0.1) is 11.4 Å². The van der Waals surface area contributed by atoms with Crippen LogP contribution in [0.3, 0.4) is 0 Å². The van der Waals surface area contributed by atoms with E-state index in [2.05, 4.69) is 124 Å². The van der Waals surface area contributed by atoms with Crippen LogP contribution in [0.1, 0.15) is 52.7 Å². The predicted molar refractivity (Wildman–Crippen MR) is 120 cm³/mol. The maximum atomic E-state index is 2.38. The molecule has 0 radical (unpaired) electrons. The molecule has 0 aliphatic heterocycles. The van der Waals surface area contributed by atoms with E-state index >= 15 is 0 Å². The van der Waals surface area contributed by atoms with Gasteiger partial charge in [0.2, 0.25) is 0 Å². The summed E-state index contributed by atoms with van der Waals surface area (Å²) in [6.45, 7) is 13.7. The molecular weight excluding hydrogens is 340 g/mol. The van der Waals surface area contributed by atoms with Crippen molar-refractivity contribution in [1.82, 2.24) is 9.13 Å². The third-order valence-electron chi connectivity index (χ3n) is 5.52. The smallest absolute Gasteiger partial charge is 0.0531 e. The fourth-order valence-electron chi connectivity index (χ4n) is 3.71.